The Labute approximate surface area is 166 Å². The van der Waals surface area contributed by atoms with Crippen LogP contribution in [0.25, 0.3) is 0 Å². The fourth-order valence-corrected chi connectivity index (χ4v) is 5.32. The third-order valence-electron chi connectivity index (χ3n) is 6.33. The van der Waals surface area contributed by atoms with Gasteiger partial charge in [-0.1, -0.05) is 30.5 Å². The Morgan fingerprint density at radius 1 is 1.14 bits per heavy atom. The zero-order valence-corrected chi connectivity index (χ0v) is 15.6. The lowest BCUT2D eigenvalue weighted by molar-refractivity contribution is -0.285. The lowest BCUT2D eigenvalue weighted by atomic mass is 9.52. The predicted octanol–water partition coefficient (Wildman–Crippen LogP) is 4.38. The molecule has 0 radical (unpaired) electrons. The van der Waals surface area contributed by atoms with Crippen molar-refractivity contribution in [1.29, 1.82) is 21.2 Å². The molecule has 2 saturated heterocycles. The van der Waals surface area contributed by atoms with E-state index in [1.165, 1.54) is 12.1 Å². The van der Waals surface area contributed by atoms with Crippen molar-refractivity contribution in [2.24, 2.45) is 16.7 Å². The quantitative estimate of drug-likeness (QED) is 0.753. The van der Waals surface area contributed by atoms with Crippen molar-refractivity contribution < 1.29 is 13.9 Å². The van der Waals surface area contributed by atoms with Crippen LogP contribution in [0.1, 0.15) is 43.8 Å². The molecule has 1 N–H and O–H groups in total. The van der Waals surface area contributed by atoms with Crippen LogP contribution >= 0.6 is 11.6 Å². The van der Waals surface area contributed by atoms with Gasteiger partial charge in [0.05, 0.1) is 24.1 Å². The predicted molar refractivity (Wildman–Crippen MR) is 95.1 cm³/mol. The van der Waals surface area contributed by atoms with Crippen LogP contribution in [0.5, 0.6) is 0 Å². The van der Waals surface area contributed by atoms with Gasteiger partial charge in [0.2, 0.25) is 17.1 Å². The molecule has 2 aliphatic heterocycles. The smallest absolute Gasteiger partial charge is 0.217 e. The lowest BCUT2D eigenvalue weighted by Crippen LogP contribution is -2.59. The second kappa shape index (κ2) is 6.17. The molecule has 4 rings (SSSR count). The van der Waals surface area contributed by atoms with Gasteiger partial charge in [-0.2, -0.15) is 15.8 Å². The fourth-order valence-electron chi connectivity index (χ4n) is 5.06. The topological polar surface area (TPSA) is 114 Å². The van der Waals surface area contributed by atoms with Crippen LogP contribution in [-0.4, -0.2) is 11.7 Å². The summed E-state index contributed by atoms with van der Waals surface area (Å²) in [7, 11) is 0. The van der Waals surface area contributed by atoms with Crippen LogP contribution in [0, 0.1) is 62.0 Å². The maximum atomic E-state index is 14.8. The molecule has 1 aliphatic carbocycles. The van der Waals surface area contributed by atoms with Crippen LogP contribution in [0.4, 0.5) is 4.39 Å². The second-order valence-electron chi connectivity index (χ2n) is 7.48. The first-order valence-electron chi connectivity index (χ1n) is 9.06. The Kier molecular flexibility index (Phi) is 4.12. The third-order valence-corrected chi connectivity index (χ3v) is 6.66. The van der Waals surface area contributed by atoms with E-state index >= 15 is 0 Å². The highest BCUT2D eigenvalue weighted by atomic mass is 35.5. The minimum absolute atomic E-state index is 0.0117. The summed E-state index contributed by atoms with van der Waals surface area (Å²) in [6.45, 7) is 0. The Morgan fingerprint density at radius 3 is 2.54 bits per heavy atom. The average Bonchev–Trinajstić information content (AvgIpc) is 2.81. The number of hydrogen-bond donors (Lipinski definition) is 1. The summed E-state index contributed by atoms with van der Waals surface area (Å²) >= 11 is 6.23. The van der Waals surface area contributed by atoms with Gasteiger partial charge in [-0.05, 0) is 25.0 Å². The largest absolute Gasteiger partial charge is 0.447 e. The van der Waals surface area contributed by atoms with Gasteiger partial charge in [0.1, 0.15) is 11.9 Å². The molecule has 28 heavy (non-hydrogen) atoms. The first kappa shape index (κ1) is 18.7. The summed E-state index contributed by atoms with van der Waals surface area (Å²) in [4.78, 5) is 0. The van der Waals surface area contributed by atoms with Crippen LogP contribution in [0.15, 0.2) is 18.2 Å². The molecule has 6 nitrogen and oxygen atoms in total. The molecule has 2 heterocycles. The summed E-state index contributed by atoms with van der Waals surface area (Å²) in [6.07, 6.45) is 1.76. The molecule has 1 saturated carbocycles. The number of benzene rings is 1. The van der Waals surface area contributed by atoms with E-state index in [0.29, 0.717) is 12.8 Å². The van der Waals surface area contributed by atoms with Crippen molar-refractivity contribution in [3.63, 3.8) is 0 Å². The van der Waals surface area contributed by atoms with Crippen molar-refractivity contribution in [1.82, 2.24) is 0 Å². The summed E-state index contributed by atoms with van der Waals surface area (Å²) in [5, 5.41) is 38.9. The lowest BCUT2D eigenvalue weighted by Gasteiger charge is -2.49. The number of nitriles is 3. The Morgan fingerprint density at radius 2 is 1.89 bits per heavy atom. The Bertz CT molecular complexity index is 959. The number of nitrogens with one attached hydrogen (secondary N) is 1. The van der Waals surface area contributed by atoms with Gasteiger partial charge in [-0.15, -0.1) is 0 Å². The summed E-state index contributed by atoms with van der Waals surface area (Å²) in [6, 6.07) is 9.91. The van der Waals surface area contributed by atoms with Gasteiger partial charge in [-0.3, -0.25) is 5.41 Å². The third kappa shape index (κ3) is 2.00. The van der Waals surface area contributed by atoms with Gasteiger partial charge in [-0.25, -0.2) is 4.39 Å². The molecule has 142 valence electrons. The molecular weight excluding hydrogens is 383 g/mol. The van der Waals surface area contributed by atoms with E-state index in [0.717, 1.165) is 25.3 Å². The Balaban J connectivity index is 2.05. The number of hydrogen-bond acceptors (Lipinski definition) is 6. The molecule has 0 aromatic heterocycles. The molecule has 1 aromatic rings. The van der Waals surface area contributed by atoms with Crippen LogP contribution < -0.4 is 0 Å². The van der Waals surface area contributed by atoms with Crippen molar-refractivity contribution in [3.05, 3.63) is 34.6 Å². The van der Waals surface area contributed by atoms with E-state index in [-0.39, 0.29) is 10.6 Å². The highest BCUT2D eigenvalue weighted by Gasteiger charge is 2.80. The summed E-state index contributed by atoms with van der Waals surface area (Å²) in [5.74, 6) is -3.22. The second-order valence-corrected chi connectivity index (χ2v) is 7.89. The minimum atomic E-state index is -2.18. The molecular formula is C20H16ClFN4O2. The maximum absolute atomic E-state index is 14.8. The maximum Gasteiger partial charge on any atom is 0.217 e. The van der Waals surface area contributed by atoms with Crippen molar-refractivity contribution in [2.45, 2.75) is 44.0 Å². The van der Waals surface area contributed by atoms with Crippen molar-refractivity contribution in [2.75, 3.05) is 0 Å². The minimum Gasteiger partial charge on any atom is -0.447 e. The monoisotopic (exact) mass is 398 g/mol. The number of rotatable bonds is 1. The van der Waals surface area contributed by atoms with E-state index < -0.39 is 40.4 Å². The number of ether oxygens (including phenoxy) is 2. The zero-order chi connectivity index (χ0) is 20.2. The highest BCUT2D eigenvalue weighted by molar-refractivity contribution is 6.31. The van der Waals surface area contributed by atoms with E-state index in [9.17, 15) is 20.2 Å². The molecule has 3 aliphatic rings. The number of nitrogens with zero attached hydrogens (tertiary/aromatic N) is 3. The standard InChI is InChI=1S/C20H16ClFN4O2/c21-12-5-4-6-13(22)15(12)16-18(9-23,10-24)19(11-25)14-7-2-1-3-8-20(14,27-16)28-17(19)26/h4-6,14,16,26H,1-3,7-8H2. The van der Waals surface area contributed by atoms with Crippen molar-refractivity contribution >= 4 is 17.5 Å². The molecule has 1 aromatic carbocycles. The summed E-state index contributed by atoms with van der Waals surface area (Å²) < 4.78 is 26.8. The van der Waals surface area contributed by atoms with E-state index in [1.54, 1.807) is 0 Å². The molecule has 2 bridgehead atoms. The Hall–Kier alpha value is -2.66. The van der Waals surface area contributed by atoms with Crippen LogP contribution in [0.3, 0.4) is 0 Å². The molecule has 3 fully saturated rings. The van der Waals surface area contributed by atoms with Crippen LogP contribution in [0.2, 0.25) is 5.02 Å². The van der Waals surface area contributed by atoms with Gasteiger partial charge < -0.3 is 9.47 Å². The van der Waals surface area contributed by atoms with Crippen molar-refractivity contribution in [3.8, 4) is 18.2 Å². The molecule has 4 unspecified atom stereocenters. The normalized spacial score (nSPS) is 35.5. The van der Waals surface area contributed by atoms with E-state index in [4.69, 9.17) is 26.5 Å². The van der Waals surface area contributed by atoms with E-state index in [1.807, 2.05) is 12.1 Å². The van der Waals surface area contributed by atoms with Crippen LogP contribution in [-0.2, 0) is 9.47 Å². The SMILES string of the molecule is N#CC1(C#N)C(c2c(F)cccc2Cl)OC23CCCCCC2C1(C#N)C(=N)O3. The zero-order valence-electron chi connectivity index (χ0n) is 14.8. The van der Waals surface area contributed by atoms with Gasteiger partial charge in [0.15, 0.2) is 5.41 Å². The van der Waals surface area contributed by atoms with Gasteiger partial charge in [0, 0.05) is 17.0 Å². The average molecular weight is 399 g/mol. The highest BCUT2D eigenvalue weighted by Crippen LogP contribution is 2.69. The first-order valence-corrected chi connectivity index (χ1v) is 9.44. The van der Waals surface area contributed by atoms with Gasteiger partial charge in [0.25, 0.3) is 0 Å². The fraction of sp³-hybridized carbons (Fsp3) is 0.500. The molecule has 0 spiro atoms. The number of halogens is 2. The van der Waals surface area contributed by atoms with Gasteiger partial charge >= 0.3 is 0 Å². The molecule has 4 atom stereocenters. The molecule has 0 amide bonds. The van der Waals surface area contributed by atoms with E-state index in [2.05, 4.69) is 6.07 Å². The summed E-state index contributed by atoms with van der Waals surface area (Å²) in [5.41, 5.74) is -4.21. The first-order chi connectivity index (χ1) is 13.4. The molecule has 8 heteroatoms.